The lowest BCUT2D eigenvalue weighted by Crippen LogP contribution is -2.24. The summed E-state index contributed by atoms with van der Waals surface area (Å²) in [4.78, 5) is 15.7. The molecule has 7 heteroatoms. The Kier molecular flexibility index (Phi) is 3.74. The van der Waals surface area contributed by atoms with Gasteiger partial charge in [-0.1, -0.05) is 0 Å². The van der Waals surface area contributed by atoms with Crippen molar-refractivity contribution in [1.82, 2.24) is 20.1 Å². The molecule has 0 spiro atoms. The summed E-state index contributed by atoms with van der Waals surface area (Å²) in [5, 5.41) is 6.55. The van der Waals surface area contributed by atoms with Crippen molar-refractivity contribution in [3.63, 3.8) is 0 Å². The predicted molar refractivity (Wildman–Crippen MR) is 65.1 cm³/mol. The number of nitrogens with one attached hydrogen (secondary N) is 1. The van der Waals surface area contributed by atoms with Crippen LogP contribution >= 0.6 is 0 Å². The monoisotopic (exact) mass is 264 g/mol. The Labute approximate surface area is 109 Å². The van der Waals surface area contributed by atoms with Gasteiger partial charge >= 0.3 is 0 Å². The number of rotatable bonds is 4. The van der Waals surface area contributed by atoms with Crippen LogP contribution in [0.4, 0.5) is 4.39 Å². The van der Waals surface area contributed by atoms with E-state index >= 15 is 0 Å². The van der Waals surface area contributed by atoms with Crippen molar-refractivity contribution in [2.24, 2.45) is 7.05 Å². The SMILES string of the molecule is COc1ccc(C(=O)NCc2ncn(C)n2)c(F)c1. The van der Waals surface area contributed by atoms with E-state index in [0.717, 1.165) is 6.07 Å². The van der Waals surface area contributed by atoms with E-state index in [-0.39, 0.29) is 12.1 Å². The topological polar surface area (TPSA) is 69.0 Å². The van der Waals surface area contributed by atoms with Crippen molar-refractivity contribution in [1.29, 1.82) is 0 Å². The van der Waals surface area contributed by atoms with Gasteiger partial charge < -0.3 is 10.1 Å². The molecule has 19 heavy (non-hydrogen) atoms. The number of carbonyl (C=O) groups is 1. The van der Waals surface area contributed by atoms with Crippen LogP contribution in [0.25, 0.3) is 0 Å². The van der Waals surface area contributed by atoms with Crippen molar-refractivity contribution in [3.8, 4) is 5.75 Å². The highest BCUT2D eigenvalue weighted by atomic mass is 19.1. The third-order valence-electron chi connectivity index (χ3n) is 2.47. The van der Waals surface area contributed by atoms with Gasteiger partial charge in [0, 0.05) is 13.1 Å². The van der Waals surface area contributed by atoms with Crippen LogP contribution in [0.2, 0.25) is 0 Å². The van der Waals surface area contributed by atoms with Gasteiger partial charge in [-0.15, -0.1) is 0 Å². The average molecular weight is 264 g/mol. The molecule has 0 aliphatic heterocycles. The summed E-state index contributed by atoms with van der Waals surface area (Å²) in [5.41, 5.74) is -0.0447. The van der Waals surface area contributed by atoms with Gasteiger partial charge in [0.25, 0.3) is 5.91 Å². The van der Waals surface area contributed by atoms with Gasteiger partial charge in [-0.25, -0.2) is 9.37 Å². The summed E-state index contributed by atoms with van der Waals surface area (Å²) in [6.45, 7) is 0.144. The first-order valence-electron chi connectivity index (χ1n) is 5.56. The van der Waals surface area contributed by atoms with E-state index < -0.39 is 11.7 Å². The number of hydrogen-bond acceptors (Lipinski definition) is 4. The van der Waals surface area contributed by atoms with E-state index in [2.05, 4.69) is 15.4 Å². The van der Waals surface area contributed by atoms with Gasteiger partial charge in [0.2, 0.25) is 0 Å². The van der Waals surface area contributed by atoms with Gasteiger partial charge in [0.15, 0.2) is 5.82 Å². The van der Waals surface area contributed by atoms with E-state index in [4.69, 9.17) is 4.74 Å². The second kappa shape index (κ2) is 5.47. The minimum Gasteiger partial charge on any atom is -0.497 e. The molecule has 100 valence electrons. The number of methoxy groups -OCH3 is 1. The molecule has 0 bridgehead atoms. The lowest BCUT2D eigenvalue weighted by molar-refractivity contribution is 0.0945. The smallest absolute Gasteiger partial charge is 0.254 e. The Hall–Kier alpha value is -2.44. The molecule has 1 aromatic heterocycles. The maximum Gasteiger partial charge on any atom is 0.254 e. The van der Waals surface area contributed by atoms with Crippen molar-refractivity contribution < 1.29 is 13.9 Å². The van der Waals surface area contributed by atoms with Gasteiger partial charge in [0.05, 0.1) is 19.2 Å². The standard InChI is InChI=1S/C12H13FN4O2/c1-17-7-15-11(16-17)6-14-12(18)9-4-3-8(19-2)5-10(9)13/h3-5,7H,6H2,1-2H3,(H,14,18). The molecule has 0 fully saturated rings. The molecular formula is C12H13FN4O2. The summed E-state index contributed by atoms with van der Waals surface area (Å²) in [6, 6.07) is 4.06. The number of aromatic nitrogens is 3. The Balaban J connectivity index is 2.03. The van der Waals surface area contributed by atoms with Crippen LogP contribution in [0.5, 0.6) is 5.75 Å². The van der Waals surface area contributed by atoms with Gasteiger partial charge in [-0.3, -0.25) is 9.48 Å². The zero-order chi connectivity index (χ0) is 13.8. The molecule has 6 nitrogen and oxygen atoms in total. The summed E-state index contributed by atoms with van der Waals surface area (Å²) in [5.74, 6) is -0.330. The lowest BCUT2D eigenvalue weighted by atomic mass is 10.2. The lowest BCUT2D eigenvalue weighted by Gasteiger charge is -2.05. The van der Waals surface area contributed by atoms with E-state index in [9.17, 15) is 9.18 Å². The molecule has 1 aromatic carbocycles. The highest BCUT2D eigenvalue weighted by molar-refractivity contribution is 5.94. The number of carbonyl (C=O) groups excluding carboxylic acids is 1. The molecule has 0 aliphatic carbocycles. The highest BCUT2D eigenvalue weighted by Gasteiger charge is 2.12. The van der Waals surface area contributed by atoms with E-state index in [1.807, 2.05) is 0 Å². The number of benzene rings is 1. The van der Waals surface area contributed by atoms with E-state index in [1.165, 1.54) is 30.3 Å². The maximum absolute atomic E-state index is 13.6. The van der Waals surface area contributed by atoms with Crippen LogP contribution in [0.15, 0.2) is 24.5 Å². The molecule has 0 aliphatic rings. The normalized spacial score (nSPS) is 10.3. The maximum atomic E-state index is 13.6. The molecule has 1 heterocycles. The summed E-state index contributed by atoms with van der Waals surface area (Å²) in [7, 11) is 3.16. The minimum atomic E-state index is -0.633. The van der Waals surface area contributed by atoms with E-state index in [1.54, 1.807) is 7.05 Å². The Morgan fingerprint density at radius 3 is 2.89 bits per heavy atom. The molecule has 0 radical (unpaired) electrons. The van der Waals surface area contributed by atoms with E-state index in [0.29, 0.717) is 11.6 Å². The van der Waals surface area contributed by atoms with Gasteiger partial charge in [0.1, 0.15) is 17.9 Å². The van der Waals surface area contributed by atoms with Crippen LogP contribution in [0.1, 0.15) is 16.2 Å². The molecule has 2 aromatic rings. The zero-order valence-corrected chi connectivity index (χ0v) is 10.6. The molecule has 0 saturated heterocycles. The van der Waals surface area contributed by atoms with Crippen molar-refractivity contribution in [2.45, 2.75) is 6.54 Å². The van der Waals surface area contributed by atoms with Crippen molar-refractivity contribution in [3.05, 3.63) is 41.7 Å². The van der Waals surface area contributed by atoms with Gasteiger partial charge in [-0.05, 0) is 12.1 Å². The predicted octanol–water partition coefficient (Wildman–Crippen LogP) is 0.893. The molecular weight excluding hydrogens is 251 g/mol. The Morgan fingerprint density at radius 2 is 2.32 bits per heavy atom. The fourth-order valence-corrected chi connectivity index (χ4v) is 1.53. The van der Waals surface area contributed by atoms with Crippen molar-refractivity contribution >= 4 is 5.91 Å². The first-order valence-corrected chi connectivity index (χ1v) is 5.56. The molecule has 1 N–H and O–H groups in total. The minimum absolute atomic E-state index is 0.0447. The molecule has 0 atom stereocenters. The second-order valence-electron chi connectivity index (χ2n) is 3.86. The average Bonchev–Trinajstić information content (AvgIpc) is 2.81. The zero-order valence-electron chi connectivity index (χ0n) is 10.6. The fourth-order valence-electron chi connectivity index (χ4n) is 1.53. The molecule has 0 unspecified atom stereocenters. The number of halogens is 1. The number of hydrogen-bond donors (Lipinski definition) is 1. The highest BCUT2D eigenvalue weighted by Crippen LogP contribution is 2.16. The molecule has 2 rings (SSSR count). The van der Waals surface area contributed by atoms with Crippen LogP contribution in [-0.4, -0.2) is 27.8 Å². The number of ether oxygens (including phenoxy) is 1. The number of aryl methyl sites for hydroxylation is 1. The number of amides is 1. The third kappa shape index (κ3) is 3.06. The van der Waals surface area contributed by atoms with Crippen LogP contribution in [-0.2, 0) is 13.6 Å². The summed E-state index contributed by atoms with van der Waals surface area (Å²) >= 11 is 0. The van der Waals surface area contributed by atoms with Crippen LogP contribution < -0.4 is 10.1 Å². The third-order valence-corrected chi connectivity index (χ3v) is 2.47. The first-order chi connectivity index (χ1) is 9.10. The number of nitrogens with zero attached hydrogens (tertiary/aromatic N) is 3. The van der Waals surface area contributed by atoms with Gasteiger partial charge in [-0.2, -0.15) is 5.10 Å². The largest absolute Gasteiger partial charge is 0.497 e. The quantitative estimate of drug-likeness (QED) is 0.890. The Bertz CT molecular complexity index is 597. The molecule has 0 saturated carbocycles. The van der Waals surface area contributed by atoms with Crippen molar-refractivity contribution in [2.75, 3.05) is 7.11 Å². The first kappa shape index (κ1) is 13.0. The van der Waals surface area contributed by atoms with Crippen LogP contribution in [0, 0.1) is 5.82 Å². The Morgan fingerprint density at radius 1 is 1.53 bits per heavy atom. The summed E-state index contributed by atoms with van der Waals surface area (Å²) < 4.78 is 20.0. The second-order valence-corrected chi connectivity index (χ2v) is 3.86. The van der Waals surface area contributed by atoms with Crippen LogP contribution in [0.3, 0.4) is 0 Å². The fraction of sp³-hybridized carbons (Fsp3) is 0.250. The summed E-state index contributed by atoms with van der Waals surface area (Å²) in [6.07, 6.45) is 1.52. The molecule has 1 amide bonds.